The van der Waals surface area contributed by atoms with E-state index >= 15 is 0 Å². The Bertz CT molecular complexity index is 401. The van der Waals surface area contributed by atoms with Crippen molar-refractivity contribution >= 4 is 46.6 Å². The number of rotatable bonds is 6. The van der Waals surface area contributed by atoms with Crippen LogP contribution >= 0.6 is 35.0 Å². The summed E-state index contributed by atoms with van der Waals surface area (Å²) in [5.74, 6) is 2.54. The molecule has 0 radical (unpaired) electrons. The SMILES string of the molecule is CNc1nc(N(C)C(C)CCSC)c(Cl)cc1Cl. The molecule has 1 heterocycles. The van der Waals surface area contributed by atoms with Gasteiger partial charge in [0.15, 0.2) is 0 Å². The van der Waals surface area contributed by atoms with Gasteiger partial charge in [0.25, 0.3) is 0 Å². The maximum absolute atomic E-state index is 6.21. The van der Waals surface area contributed by atoms with Crippen molar-refractivity contribution in [1.29, 1.82) is 0 Å². The van der Waals surface area contributed by atoms with Crippen LogP contribution in [0, 0.1) is 0 Å². The quantitative estimate of drug-likeness (QED) is 0.859. The largest absolute Gasteiger partial charge is 0.372 e. The van der Waals surface area contributed by atoms with Crippen molar-refractivity contribution in [3.05, 3.63) is 16.1 Å². The van der Waals surface area contributed by atoms with Crippen LogP contribution < -0.4 is 10.2 Å². The molecule has 0 fully saturated rings. The lowest BCUT2D eigenvalue weighted by Gasteiger charge is -2.27. The molecule has 0 aromatic carbocycles. The number of hydrogen-bond donors (Lipinski definition) is 1. The van der Waals surface area contributed by atoms with Gasteiger partial charge in [-0.3, -0.25) is 0 Å². The van der Waals surface area contributed by atoms with Gasteiger partial charge in [-0.25, -0.2) is 4.98 Å². The first-order valence-corrected chi connectivity index (χ1v) is 7.91. The van der Waals surface area contributed by atoms with Crippen molar-refractivity contribution in [2.75, 3.05) is 36.3 Å². The number of anilines is 2. The number of nitrogens with zero attached hydrogens (tertiary/aromatic N) is 2. The Morgan fingerprint density at radius 3 is 2.67 bits per heavy atom. The predicted octanol–water partition coefficient (Wildman–Crippen LogP) is 4.01. The van der Waals surface area contributed by atoms with Crippen LogP contribution in [0.1, 0.15) is 13.3 Å². The van der Waals surface area contributed by atoms with Crippen LogP contribution in [0.5, 0.6) is 0 Å². The molecule has 1 unspecified atom stereocenters. The smallest absolute Gasteiger partial charge is 0.149 e. The molecule has 0 aliphatic rings. The Balaban J connectivity index is 2.94. The number of halogens is 2. The predicted molar refractivity (Wildman–Crippen MR) is 84.7 cm³/mol. The third-order valence-corrected chi connectivity index (χ3v) is 4.09. The second-order valence-corrected chi connectivity index (χ2v) is 5.92. The third kappa shape index (κ3) is 3.84. The molecule has 0 saturated heterocycles. The fourth-order valence-electron chi connectivity index (χ4n) is 1.57. The van der Waals surface area contributed by atoms with Crippen molar-refractivity contribution in [3.8, 4) is 0 Å². The lowest BCUT2D eigenvalue weighted by atomic mass is 10.2. The zero-order valence-electron chi connectivity index (χ0n) is 11.1. The maximum Gasteiger partial charge on any atom is 0.149 e. The van der Waals surface area contributed by atoms with Gasteiger partial charge in [-0.05, 0) is 31.4 Å². The molecule has 1 aromatic heterocycles. The number of pyridine rings is 1. The van der Waals surface area contributed by atoms with E-state index in [2.05, 4.69) is 28.4 Å². The lowest BCUT2D eigenvalue weighted by Crippen LogP contribution is -2.30. The summed E-state index contributed by atoms with van der Waals surface area (Å²) in [6.07, 6.45) is 3.20. The Kier molecular flexibility index (Phi) is 6.39. The maximum atomic E-state index is 6.21. The van der Waals surface area contributed by atoms with Crippen molar-refractivity contribution in [1.82, 2.24) is 4.98 Å². The first-order chi connectivity index (χ1) is 8.51. The van der Waals surface area contributed by atoms with E-state index in [0.29, 0.717) is 21.9 Å². The molecule has 1 N–H and O–H groups in total. The normalized spacial score (nSPS) is 12.3. The van der Waals surface area contributed by atoms with Gasteiger partial charge >= 0.3 is 0 Å². The summed E-state index contributed by atoms with van der Waals surface area (Å²) in [6, 6.07) is 2.11. The van der Waals surface area contributed by atoms with Gasteiger partial charge in [0.2, 0.25) is 0 Å². The fourth-order valence-corrected chi connectivity index (χ4v) is 2.73. The molecule has 1 rings (SSSR count). The highest BCUT2D eigenvalue weighted by Gasteiger charge is 2.16. The minimum Gasteiger partial charge on any atom is -0.372 e. The standard InChI is InChI=1S/C12H19Cl2N3S/c1-8(5-6-18-4)17(3)12-10(14)7-9(13)11(15-2)16-12/h7-8H,5-6H2,1-4H3,(H,15,16). The summed E-state index contributed by atoms with van der Waals surface area (Å²) in [7, 11) is 3.80. The molecule has 0 aliphatic carbocycles. The van der Waals surface area contributed by atoms with Crippen LogP contribution in [0.4, 0.5) is 11.6 Å². The topological polar surface area (TPSA) is 28.2 Å². The Morgan fingerprint density at radius 2 is 2.11 bits per heavy atom. The van der Waals surface area contributed by atoms with Crippen LogP contribution in [0.15, 0.2) is 6.07 Å². The van der Waals surface area contributed by atoms with E-state index in [1.54, 1.807) is 13.1 Å². The van der Waals surface area contributed by atoms with E-state index in [1.165, 1.54) is 0 Å². The Morgan fingerprint density at radius 1 is 1.44 bits per heavy atom. The monoisotopic (exact) mass is 307 g/mol. The third-order valence-electron chi connectivity index (χ3n) is 2.88. The van der Waals surface area contributed by atoms with Crippen LogP contribution in [0.2, 0.25) is 10.0 Å². The molecule has 18 heavy (non-hydrogen) atoms. The lowest BCUT2D eigenvalue weighted by molar-refractivity contribution is 0.662. The highest BCUT2D eigenvalue weighted by atomic mass is 35.5. The molecule has 0 saturated carbocycles. The fraction of sp³-hybridized carbons (Fsp3) is 0.583. The molecule has 6 heteroatoms. The summed E-state index contributed by atoms with van der Waals surface area (Å²) in [6.45, 7) is 2.17. The minimum absolute atomic E-state index is 0.383. The van der Waals surface area contributed by atoms with E-state index in [9.17, 15) is 0 Å². The van der Waals surface area contributed by atoms with Crippen molar-refractivity contribution in [2.45, 2.75) is 19.4 Å². The zero-order chi connectivity index (χ0) is 13.7. The summed E-state index contributed by atoms with van der Waals surface area (Å²) in [5, 5.41) is 4.09. The Labute approximate surface area is 123 Å². The van der Waals surface area contributed by atoms with Crippen LogP contribution in [0.3, 0.4) is 0 Å². The van der Waals surface area contributed by atoms with Crippen LogP contribution in [-0.2, 0) is 0 Å². The summed E-state index contributed by atoms with van der Waals surface area (Å²) in [5.41, 5.74) is 0. The molecule has 0 spiro atoms. The van der Waals surface area contributed by atoms with E-state index in [0.717, 1.165) is 18.0 Å². The molecule has 3 nitrogen and oxygen atoms in total. The van der Waals surface area contributed by atoms with Crippen LogP contribution in [0.25, 0.3) is 0 Å². The molecule has 1 aromatic rings. The second kappa shape index (κ2) is 7.31. The average molecular weight is 308 g/mol. The van der Waals surface area contributed by atoms with Gasteiger partial charge in [0.05, 0.1) is 10.0 Å². The Hall–Kier alpha value is -0.320. The van der Waals surface area contributed by atoms with Gasteiger partial charge in [0.1, 0.15) is 11.6 Å². The summed E-state index contributed by atoms with van der Waals surface area (Å²) < 4.78 is 0. The number of thioether (sulfide) groups is 1. The molecule has 0 amide bonds. The van der Waals surface area contributed by atoms with E-state index < -0.39 is 0 Å². The van der Waals surface area contributed by atoms with Crippen molar-refractivity contribution in [2.24, 2.45) is 0 Å². The van der Waals surface area contributed by atoms with Crippen molar-refractivity contribution in [3.63, 3.8) is 0 Å². The van der Waals surface area contributed by atoms with E-state index in [-0.39, 0.29) is 0 Å². The van der Waals surface area contributed by atoms with Gasteiger partial charge in [-0.2, -0.15) is 11.8 Å². The molecular formula is C12H19Cl2N3S. The number of hydrogen-bond acceptors (Lipinski definition) is 4. The average Bonchev–Trinajstić information content (AvgIpc) is 2.35. The van der Waals surface area contributed by atoms with Crippen molar-refractivity contribution < 1.29 is 0 Å². The van der Waals surface area contributed by atoms with E-state index in [4.69, 9.17) is 23.2 Å². The number of nitrogens with one attached hydrogen (secondary N) is 1. The van der Waals surface area contributed by atoms with Gasteiger partial charge in [-0.15, -0.1) is 0 Å². The second-order valence-electron chi connectivity index (χ2n) is 4.12. The summed E-state index contributed by atoms with van der Waals surface area (Å²) >= 11 is 14.1. The zero-order valence-corrected chi connectivity index (χ0v) is 13.5. The minimum atomic E-state index is 0.383. The highest BCUT2D eigenvalue weighted by molar-refractivity contribution is 7.98. The summed E-state index contributed by atoms with van der Waals surface area (Å²) in [4.78, 5) is 6.56. The van der Waals surface area contributed by atoms with Gasteiger partial charge in [0, 0.05) is 20.1 Å². The molecular weight excluding hydrogens is 289 g/mol. The van der Waals surface area contributed by atoms with Gasteiger partial charge < -0.3 is 10.2 Å². The highest BCUT2D eigenvalue weighted by Crippen LogP contribution is 2.31. The van der Waals surface area contributed by atoms with Crippen LogP contribution in [-0.4, -0.2) is 37.1 Å². The first kappa shape index (κ1) is 15.7. The molecule has 0 bridgehead atoms. The number of aromatic nitrogens is 1. The van der Waals surface area contributed by atoms with Gasteiger partial charge in [-0.1, -0.05) is 23.2 Å². The first-order valence-electron chi connectivity index (χ1n) is 5.76. The molecule has 102 valence electrons. The molecule has 0 aliphatic heterocycles. The van der Waals surface area contributed by atoms with E-state index in [1.807, 2.05) is 18.8 Å². The molecule has 1 atom stereocenters.